The van der Waals surface area contributed by atoms with Crippen molar-refractivity contribution in [3.8, 4) is 0 Å². The van der Waals surface area contributed by atoms with Crippen LogP contribution in [0.3, 0.4) is 0 Å². The molecule has 0 bridgehead atoms. The molecule has 26 heavy (non-hydrogen) atoms. The van der Waals surface area contributed by atoms with Crippen LogP contribution in [0.4, 0.5) is 0 Å². The van der Waals surface area contributed by atoms with Gasteiger partial charge in [0.2, 0.25) is 0 Å². The molecule has 0 saturated carbocycles. The van der Waals surface area contributed by atoms with Gasteiger partial charge in [0.1, 0.15) is 23.2 Å². The first-order valence-corrected chi connectivity index (χ1v) is 10.5. The van der Waals surface area contributed by atoms with Gasteiger partial charge in [0.25, 0.3) is 0 Å². The second-order valence-electron chi connectivity index (χ2n) is 5.90. The molecule has 0 aliphatic carbocycles. The van der Waals surface area contributed by atoms with Gasteiger partial charge in [0, 0.05) is 11.9 Å². The first-order chi connectivity index (χ1) is 14.2. The summed E-state index contributed by atoms with van der Waals surface area (Å²) in [5, 5.41) is 12.4. The van der Waals surface area contributed by atoms with Crippen molar-refractivity contribution in [1.29, 1.82) is 0 Å². The van der Waals surface area contributed by atoms with Crippen LogP contribution >= 0.6 is 7.26 Å². The molecule has 0 saturated heterocycles. The van der Waals surface area contributed by atoms with Crippen LogP contribution in [0, 0.1) is 0 Å². The van der Waals surface area contributed by atoms with Gasteiger partial charge in [-0.25, -0.2) is 0 Å². The first-order valence-electron chi connectivity index (χ1n) is 10.5. The number of carboxylic acid groups (broad SMARTS) is 1. The molecule has 0 radical (unpaired) electrons. The zero-order chi connectivity index (χ0) is 21.8. The summed E-state index contributed by atoms with van der Waals surface area (Å²) < 4.78 is 32.1. The molecule has 0 atom stereocenters. The molecule has 0 spiro atoms. The maximum atomic E-state index is 11.4. The Kier molecular flexibility index (Phi) is 4.63. The molecule has 0 aliphatic heterocycles. The Bertz CT molecular complexity index is 883. The van der Waals surface area contributed by atoms with Crippen LogP contribution in [0.2, 0.25) is 0 Å². The van der Waals surface area contributed by atoms with E-state index in [2.05, 4.69) is 0 Å². The van der Waals surface area contributed by atoms with E-state index in [4.69, 9.17) is 5.48 Å². The highest BCUT2D eigenvalue weighted by molar-refractivity contribution is 7.95. The number of hydrogen-bond acceptors (Lipinski definition) is 1. The van der Waals surface area contributed by atoms with Crippen molar-refractivity contribution in [1.82, 2.24) is 0 Å². The van der Waals surface area contributed by atoms with E-state index in [-0.39, 0.29) is 6.42 Å². The van der Waals surface area contributed by atoms with Gasteiger partial charge in [0.05, 0.1) is 6.16 Å². The Morgan fingerprint density at radius 3 is 1.50 bits per heavy atom. The highest BCUT2D eigenvalue weighted by Gasteiger charge is 2.44. The quantitative estimate of drug-likeness (QED) is 0.605. The van der Waals surface area contributed by atoms with Gasteiger partial charge >= 0.3 is 5.97 Å². The maximum Gasteiger partial charge on any atom is 0.303 e. The Morgan fingerprint density at radius 2 is 1.15 bits per heavy atom. The van der Waals surface area contributed by atoms with E-state index >= 15 is 0 Å². The smallest absolute Gasteiger partial charge is 0.303 e. The molecule has 0 aromatic heterocycles. The van der Waals surface area contributed by atoms with Gasteiger partial charge in [-0.3, -0.25) is 4.79 Å². The lowest BCUT2D eigenvalue weighted by molar-refractivity contribution is -0.137. The normalized spacial score (nSPS) is 14.6. The molecule has 132 valence electrons. The Morgan fingerprint density at radius 1 is 0.769 bits per heavy atom. The van der Waals surface area contributed by atoms with Crippen LogP contribution in [0.1, 0.15) is 24.6 Å². The van der Waals surface area contributed by atoms with Crippen LogP contribution in [0.5, 0.6) is 0 Å². The van der Waals surface area contributed by atoms with Crippen molar-refractivity contribution in [2.75, 3.05) is 6.16 Å². The second-order valence-corrected chi connectivity index (χ2v) is 9.51. The van der Waals surface area contributed by atoms with Gasteiger partial charge in [-0.1, -0.05) is 54.6 Å². The van der Waals surface area contributed by atoms with Crippen molar-refractivity contribution in [3.05, 3.63) is 91.0 Å². The summed E-state index contributed by atoms with van der Waals surface area (Å²) in [6.07, 6.45) is -5.42. The summed E-state index contributed by atoms with van der Waals surface area (Å²) in [7, 11) is -2.35. The predicted octanol–water partition coefficient (Wildman–Crippen LogP) is 4.24. The molecule has 2 nitrogen and oxygen atoms in total. The Labute approximate surface area is 161 Å². The van der Waals surface area contributed by atoms with E-state index in [0.717, 1.165) is 15.9 Å². The molecular formula is C23H24O2P+. The molecule has 1 N–H and O–H groups in total. The Hall–Kier alpha value is -2.44. The lowest BCUT2D eigenvalue weighted by Gasteiger charge is -2.27. The lowest BCUT2D eigenvalue weighted by atomic mass is 10.2. The summed E-state index contributed by atoms with van der Waals surface area (Å²) in [4.78, 5) is 11.4. The van der Waals surface area contributed by atoms with Crippen molar-refractivity contribution >= 4 is 29.1 Å². The van der Waals surface area contributed by atoms with Crippen LogP contribution in [-0.4, -0.2) is 17.2 Å². The number of benzene rings is 3. The monoisotopic (exact) mass is 367 g/mol. The summed E-state index contributed by atoms with van der Waals surface area (Å²) in [6.45, 7) is 0. The molecular weight excluding hydrogens is 339 g/mol. The average molecular weight is 367 g/mol. The van der Waals surface area contributed by atoms with E-state index in [1.54, 1.807) is 0 Å². The predicted molar refractivity (Wildman–Crippen MR) is 112 cm³/mol. The third-order valence-corrected chi connectivity index (χ3v) is 8.79. The van der Waals surface area contributed by atoms with Crippen LogP contribution in [-0.2, 0) is 4.79 Å². The zero-order valence-electron chi connectivity index (χ0n) is 18.4. The van der Waals surface area contributed by atoms with Crippen molar-refractivity contribution in [2.45, 2.75) is 19.2 Å². The van der Waals surface area contributed by atoms with Gasteiger partial charge < -0.3 is 5.11 Å². The molecule has 0 aliphatic rings. The molecule has 0 unspecified atom stereocenters. The van der Waals surface area contributed by atoms with E-state index in [1.807, 2.05) is 91.0 Å². The second kappa shape index (κ2) is 8.78. The fraction of sp³-hybridized carbons (Fsp3) is 0.174. The molecule has 3 rings (SSSR count). The van der Waals surface area contributed by atoms with Gasteiger partial charge in [-0.05, 0) is 49.2 Å². The number of rotatable bonds is 8. The minimum absolute atomic E-state index is 0.223. The van der Waals surface area contributed by atoms with E-state index in [9.17, 15) is 9.90 Å². The standard InChI is InChI=1S/C23H23O2P/c24-23(25)18-10-11-19-26(20-12-4-1-5-13-20,21-14-6-2-7-15-21)22-16-8-3-9-17-22/h1-9,12-17H,10-11,18-19H2/p+1/i10D2,18D2. The SMILES string of the molecule is [2H]C([2H])(CC[P+](c1ccccc1)(c1ccccc1)c1ccccc1)C([2H])([2H])C(=O)O. The third kappa shape index (κ3) is 4.03. The summed E-state index contributed by atoms with van der Waals surface area (Å²) >= 11 is 0. The van der Waals surface area contributed by atoms with Crippen LogP contribution in [0.25, 0.3) is 0 Å². The Balaban J connectivity index is 2.18. The zero-order valence-corrected chi connectivity index (χ0v) is 15.3. The number of aliphatic carboxylic acids is 1. The van der Waals surface area contributed by atoms with Crippen LogP contribution < -0.4 is 15.9 Å². The van der Waals surface area contributed by atoms with E-state index < -0.39 is 26.0 Å². The number of hydrogen-bond donors (Lipinski definition) is 1. The molecule has 0 fully saturated rings. The summed E-state index contributed by atoms with van der Waals surface area (Å²) in [6, 6.07) is 29.6. The molecule has 3 heteroatoms. The summed E-state index contributed by atoms with van der Waals surface area (Å²) in [5.41, 5.74) is 0. The lowest BCUT2D eigenvalue weighted by Crippen LogP contribution is -2.33. The average Bonchev–Trinajstić information content (AvgIpc) is 2.76. The fourth-order valence-corrected chi connectivity index (χ4v) is 7.40. The van der Waals surface area contributed by atoms with E-state index in [1.165, 1.54) is 0 Å². The molecule has 0 heterocycles. The number of carboxylic acids is 1. The topological polar surface area (TPSA) is 37.3 Å². The molecule has 3 aromatic rings. The first kappa shape index (κ1) is 13.7. The highest BCUT2D eigenvalue weighted by Crippen LogP contribution is 2.55. The van der Waals surface area contributed by atoms with Crippen molar-refractivity contribution in [2.24, 2.45) is 0 Å². The fourth-order valence-electron chi connectivity index (χ4n) is 3.24. The molecule has 0 amide bonds. The van der Waals surface area contributed by atoms with Gasteiger partial charge in [-0.2, -0.15) is 0 Å². The van der Waals surface area contributed by atoms with E-state index in [0.29, 0.717) is 6.16 Å². The minimum atomic E-state index is -2.98. The number of carbonyl (C=O) groups is 1. The highest BCUT2D eigenvalue weighted by atomic mass is 31.2. The van der Waals surface area contributed by atoms with Crippen LogP contribution in [0.15, 0.2) is 91.0 Å². The molecule has 3 aromatic carbocycles. The van der Waals surface area contributed by atoms with Crippen molar-refractivity contribution in [3.63, 3.8) is 0 Å². The maximum absolute atomic E-state index is 11.4. The van der Waals surface area contributed by atoms with Gasteiger partial charge in [0.15, 0.2) is 0 Å². The van der Waals surface area contributed by atoms with Gasteiger partial charge in [-0.15, -0.1) is 0 Å². The minimum Gasteiger partial charge on any atom is -0.481 e. The van der Waals surface area contributed by atoms with Crippen molar-refractivity contribution < 1.29 is 15.4 Å². The summed E-state index contributed by atoms with van der Waals surface area (Å²) in [5.74, 6) is -1.78. The third-order valence-electron chi connectivity index (χ3n) is 4.36. The largest absolute Gasteiger partial charge is 0.481 e.